The van der Waals surface area contributed by atoms with Crippen LogP contribution >= 0.6 is 12.4 Å². The van der Waals surface area contributed by atoms with Gasteiger partial charge in [0.2, 0.25) is 0 Å². The first-order chi connectivity index (χ1) is 13.1. The van der Waals surface area contributed by atoms with Crippen LogP contribution in [0.2, 0.25) is 0 Å². The van der Waals surface area contributed by atoms with E-state index >= 15 is 0 Å². The monoisotopic (exact) mass is 425 g/mol. The molecule has 1 aromatic carbocycles. The van der Waals surface area contributed by atoms with Gasteiger partial charge in [-0.1, -0.05) is 12.1 Å². The lowest BCUT2D eigenvalue weighted by Gasteiger charge is -2.26. The zero-order valence-corrected chi connectivity index (χ0v) is 18.2. The standard InChI is InChI=1S/C21H31N3O4.ClH/c1-21(2,3)28-18(25)12-14-6-10-17(11-7-14)27-19(26)16-8-4-15(5-9-16)13-24-20(22)23;/h6-7,10-11,15-16H,4-5,8-9,12-13H2,1-3H3,(H4,22,23,24);1H. The number of hydrogen-bond acceptors (Lipinski definition) is 5. The second-order valence-corrected chi connectivity index (χ2v) is 8.31. The highest BCUT2D eigenvalue weighted by molar-refractivity contribution is 5.85. The quantitative estimate of drug-likeness (QED) is 0.313. The Hall–Kier alpha value is -2.28. The third-order valence-electron chi connectivity index (χ3n) is 4.62. The van der Waals surface area contributed by atoms with Crippen molar-refractivity contribution < 1.29 is 19.1 Å². The highest BCUT2D eigenvalue weighted by Gasteiger charge is 2.27. The van der Waals surface area contributed by atoms with Crippen molar-refractivity contribution in [3.8, 4) is 5.75 Å². The highest BCUT2D eigenvalue weighted by atomic mass is 35.5. The van der Waals surface area contributed by atoms with Crippen molar-refractivity contribution in [1.29, 1.82) is 0 Å². The fourth-order valence-corrected chi connectivity index (χ4v) is 3.23. The molecule has 4 N–H and O–H groups in total. The molecule has 0 radical (unpaired) electrons. The van der Waals surface area contributed by atoms with E-state index in [0.717, 1.165) is 31.2 Å². The number of nitrogens with two attached hydrogens (primary N) is 2. The van der Waals surface area contributed by atoms with E-state index < -0.39 is 5.60 Å². The van der Waals surface area contributed by atoms with Crippen LogP contribution < -0.4 is 16.2 Å². The minimum atomic E-state index is -0.505. The average molecular weight is 426 g/mol. The summed E-state index contributed by atoms with van der Waals surface area (Å²) in [6.45, 7) is 6.12. The lowest BCUT2D eigenvalue weighted by Crippen LogP contribution is -2.28. The number of esters is 2. The number of hydrogen-bond donors (Lipinski definition) is 2. The second-order valence-electron chi connectivity index (χ2n) is 8.31. The van der Waals surface area contributed by atoms with Crippen molar-refractivity contribution in [1.82, 2.24) is 0 Å². The summed E-state index contributed by atoms with van der Waals surface area (Å²) >= 11 is 0. The maximum Gasteiger partial charge on any atom is 0.314 e. The smallest absolute Gasteiger partial charge is 0.314 e. The van der Waals surface area contributed by atoms with Crippen LogP contribution in [0.25, 0.3) is 0 Å². The molecule has 0 spiro atoms. The number of ether oxygens (including phenoxy) is 2. The SMILES string of the molecule is CC(C)(C)OC(=O)Cc1ccc(OC(=O)C2CCC(CN=C(N)N)CC2)cc1.Cl. The normalized spacial score (nSPS) is 18.9. The van der Waals surface area contributed by atoms with Crippen molar-refractivity contribution in [2.45, 2.75) is 58.5 Å². The molecule has 1 aliphatic rings. The van der Waals surface area contributed by atoms with Crippen LogP contribution in [0.5, 0.6) is 5.75 Å². The first-order valence-corrected chi connectivity index (χ1v) is 9.70. The molecule has 29 heavy (non-hydrogen) atoms. The Kier molecular flexibility index (Phi) is 9.43. The van der Waals surface area contributed by atoms with Gasteiger partial charge in [0.05, 0.1) is 12.3 Å². The lowest BCUT2D eigenvalue weighted by molar-refractivity contribution is -0.154. The summed E-state index contributed by atoms with van der Waals surface area (Å²) < 4.78 is 10.8. The molecule has 1 aromatic rings. The van der Waals surface area contributed by atoms with E-state index in [9.17, 15) is 9.59 Å². The van der Waals surface area contributed by atoms with Crippen molar-refractivity contribution in [2.24, 2.45) is 28.3 Å². The van der Waals surface area contributed by atoms with E-state index in [0.29, 0.717) is 18.2 Å². The van der Waals surface area contributed by atoms with Crippen molar-refractivity contribution in [3.63, 3.8) is 0 Å². The summed E-state index contributed by atoms with van der Waals surface area (Å²) in [5, 5.41) is 0. The number of aliphatic imine (C=N–C) groups is 1. The van der Waals surface area contributed by atoms with Gasteiger partial charge >= 0.3 is 11.9 Å². The number of benzene rings is 1. The predicted molar refractivity (Wildman–Crippen MR) is 115 cm³/mol. The van der Waals surface area contributed by atoms with Crippen molar-refractivity contribution in [3.05, 3.63) is 29.8 Å². The summed E-state index contributed by atoms with van der Waals surface area (Å²) in [7, 11) is 0. The summed E-state index contributed by atoms with van der Waals surface area (Å²) in [6, 6.07) is 6.97. The topological polar surface area (TPSA) is 117 Å². The fraction of sp³-hybridized carbons (Fsp3) is 0.571. The van der Waals surface area contributed by atoms with E-state index in [4.69, 9.17) is 20.9 Å². The van der Waals surface area contributed by atoms with Gasteiger partial charge in [-0.25, -0.2) is 0 Å². The fourth-order valence-electron chi connectivity index (χ4n) is 3.23. The average Bonchev–Trinajstić information content (AvgIpc) is 2.60. The third kappa shape index (κ3) is 9.17. The molecule has 0 aliphatic heterocycles. The van der Waals surface area contributed by atoms with Gasteiger partial charge in [-0.3, -0.25) is 14.6 Å². The van der Waals surface area contributed by atoms with E-state index in [2.05, 4.69) is 4.99 Å². The molecule has 7 nitrogen and oxygen atoms in total. The van der Waals surface area contributed by atoms with Crippen LogP contribution in [0.1, 0.15) is 52.0 Å². The molecule has 0 atom stereocenters. The van der Waals surface area contributed by atoms with E-state index in [1.54, 1.807) is 24.3 Å². The molecule has 2 rings (SSSR count). The number of carbonyl (C=O) groups is 2. The van der Waals surface area contributed by atoms with Gasteiger partial charge in [-0.15, -0.1) is 12.4 Å². The van der Waals surface area contributed by atoms with Crippen LogP contribution in [-0.2, 0) is 20.7 Å². The summed E-state index contributed by atoms with van der Waals surface area (Å²) in [4.78, 5) is 28.3. The Morgan fingerprint density at radius 1 is 1.07 bits per heavy atom. The minimum absolute atomic E-state index is 0. The Morgan fingerprint density at radius 2 is 1.66 bits per heavy atom. The van der Waals surface area contributed by atoms with Gasteiger partial charge < -0.3 is 20.9 Å². The van der Waals surface area contributed by atoms with Gasteiger partial charge in [-0.2, -0.15) is 0 Å². The maximum absolute atomic E-state index is 12.4. The van der Waals surface area contributed by atoms with Gasteiger partial charge in [0.1, 0.15) is 11.4 Å². The Labute approximate surface area is 178 Å². The Bertz CT molecular complexity index is 702. The molecule has 1 fully saturated rings. The lowest BCUT2D eigenvalue weighted by atomic mass is 9.82. The van der Waals surface area contributed by atoms with Gasteiger partial charge in [-0.05, 0) is 70.1 Å². The Morgan fingerprint density at radius 3 is 2.17 bits per heavy atom. The van der Waals surface area contributed by atoms with Crippen molar-refractivity contribution in [2.75, 3.05) is 6.54 Å². The molecule has 0 amide bonds. The van der Waals surface area contributed by atoms with E-state index in [1.165, 1.54) is 0 Å². The van der Waals surface area contributed by atoms with Gasteiger partial charge in [0.15, 0.2) is 5.96 Å². The molecule has 0 unspecified atom stereocenters. The molecule has 8 heteroatoms. The molecule has 0 aromatic heterocycles. The molecular weight excluding hydrogens is 394 g/mol. The zero-order chi connectivity index (χ0) is 20.7. The molecule has 1 aliphatic carbocycles. The summed E-state index contributed by atoms with van der Waals surface area (Å²) in [5.41, 5.74) is 11.0. The summed E-state index contributed by atoms with van der Waals surface area (Å²) in [5.74, 6) is 0.419. The highest BCUT2D eigenvalue weighted by Crippen LogP contribution is 2.30. The largest absolute Gasteiger partial charge is 0.460 e. The number of carbonyl (C=O) groups excluding carboxylic acids is 2. The zero-order valence-electron chi connectivity index (χ0n) is 17.3. The molecule has 162 valence electrons. The summed E-state index contributed by atoms with van der Waals surface area (Å²) in [6.07, 6.45) is 3.56. The van der Waals surface area contributed by atoms with Crippen LogP contribution in [0.4, 0.5) is 0 Å². The Balaban J connectivity index is 0.00000420. The predicted octanol–water partition coefficient (Wildman–Crippen LogP) is 2.98. The van der Waals surface area contributed by atoms with Crippen molar-refractivity contribution >= 4 is 30.3 Å². The van der Waals surface area contributed by atoms with Gasteiger partial charge in [0.25, 0.3) is 0 Å². The number of nitrogens with zero attached hydrogens (tertiary/aromatic N) is 1. The molecular formula is C21H32ClN3O4. The number of rotatable bonds is 6. The molecule has 0 saturated heterocycles. The maximum atomic E-state index is 12.4. The minimum Gasteiger partial charge on any atom is -0.460 e. The van der Waals surface area contributed by atoms with Crippen LogP contribution in [0.15, 0.2) is 29.3 Å². The van der Waals surface area contributed by atoms with Crippen LogP contribution in [-0.4, -0.2) is 30.0 Å². The number of guanidine groups is 1. The molecule has 0 bridgehead atoms. The van der Waals surface area contributed by atoms with E-state index in [-0.39, 0.29) is 42.6 Å². The second kappa shape index (κ2) is 11.0. The van der Waals surface area contributed by atoms with Gasteiger partial charge in [0, 0.05) is 6.54 Å². The number of halogens is 1. The van der Waals surface area contributed by atoms with E-state index in [1.807, 2.05) is 20.8 Å². The third-order valence-corrected chi connectivity index (χ3v) is 4.62. The first kappa shape index (κ1) is 24.8. The van der Waals surface area contributed by atoms with Crippen LogP contribution in [0, 0.1) is 11.8 Å². The van der Waals surface area contributed by atoms with Crippen LogP contribution in [0.3, 0.4) is 0 Å². The molecule has 0 heterocycles. The molecule has 1 saturated carbocycles. The first-order valence-electron chi connectivity index (χ1n) is 9.70.